The first-order valence-electron chi connectivity index (χ1n) is 10.3. The molecule has 2 aromatic heterocycles. The standard InChI is InChI=1S/C24H23ClN6O2/c1-13(2)31-11-17(19-22(26)27-12-28-23(19)31)21(32)15-7-5-8-16(10-15)29-24(33)30-20-14(3)6-4-9-18(20)25/h4-13H,1-3H3,(H2,26,27,28)(H2,29,30,33). The van der Waals surface area contributed by atoms with Crippen LogP contribution in [0, 0.1) is 6.92 Å². The van der Waals surface area contributed by atoms with Gasteiger partial charge < -0.3 is 20.9 Å². The monoisotopic (exact) mass is 462 g/mol. The van der Waals surface area contributed by atoms with Gasteiger partial charge in [0.25, 0.3) is 0 Å². The highest BCUT2D eigenvalue weighted by Crippen LogP contribution is 2.29. The number of benzene rings is 2. The lowest BCUT2D eigenvalue weighted by Crippen LogP contribution is -2.20. The Kier molecular flexibility index (Phi) is 6.02. The van der Waals surface area contributed by atoms with E-state index in [4.69, 9.17) is 17.3 Å². The average molecular weight is 463 g/mol. The van der Waals surface area contributed by atoms with Crippen molar-refractivity contribution in [2.24, 2.45) is 0 Å². The zero-order chi connectivity index (χ0) is 23.7. The quantitative estimate of drug-likeness (QED) is 0.342. The van der Waals surface area contributed by atoms with Crippen LogP contribution in [-0.2, 0) is 0 Å². The van der Waals surface area contributed by atoms with Gasteiger partial charge in [-0.05, 0) is 44.5 Å². The van der Waals surface area contributed by atoms with Gasteiger partial charge in [0.1, 0.15) is 17.8 Å². The minimum Gasteiger partial charge on any atom is -0.383 e. The maximum absolute atomic E-state index is 13.4. The Bertz CT molecular complexity index is 1360. The molecule has 8 nitrogen and oxygen atoms in total. The van der Waals surface area contributed by atoms with Crippen molar-refractivity contribution < 1.29 is 9.59 Å². The van der Waals surface area contributed by atoms with Crippen LogP contribution in [0.1, 0.15) is 41.4 Å². The molecule has 4 aromatic rings. The van der Waals surface area contributed by atoms with Gasteiger partial charge in [0.05, 0.1) is 21.7 Å². The number of aryl methyl sites for hydroxylation is 1. The summed E-state index contributed by atoms with van der Waals surface area (Å²) in [5.41, 5.74) is 9.32. The van der Waals surface area contributed by atoms with Crippen molar-refractivity contribution in [2.75, 3.05) is 16.4 Å². The summed E-state index contributed by atoms with van der Waals surface area (Å²) in [6.45, 7) is 5.84. The van der Waals surface area contributed by atoms with Crippen LogP contribution in [0.2, 0.25) is 5.02 Å². The summed E-state index contributed by atoms with van der Waals surface area (Å²) in [5.74, 6) is -0.00146. The molecular weight excluding hydrogens is 440 g/mol. The number of nitrogens with zero attached hydrogens (tertiary/aromatic N) is 3. The number of rotatable bonds is 5. The molecule has 0 aliphatic heterocycles. The number of urea groups is 1. The van der Waals surface area contributed by atoms with E-state index in [9.17, 15) is 9.59 Å². The minimum atomic E-state index is -0.468. The highest BCUT2D eigenvalue weighted by molar-refractivity contribution is 6.34. The van der Waals surface area contributed by atoms with Crippen LogP contribution in [0.3, 0.4) is 0 Å². The maximum atomic E-state index is 13.4. The molecule has 0 saturated heterocycles. The van der Waals surface area contributed by atoms with Crippen LogP contribution in [-0.4, -0.2) is 26.3 Å². The van der Waals surface area contributed by atoms with E-state index in [2.05, 4.69) is 20.6 Å². The molecule has 0 aliphatic carbocycles. The molecule has 9 heteroatoms. The zero-order valence-electron chi connectivity index (χ0n) is 18.4. The number of nitrogens with one attached hydrogen (secondary N) is 2. The summed E-state index contributed by atoms with van der Waals surface area (Å²) in [7, 11) is 0. The smallest absolute Gasteiger partial charge is 0.323 e. The van der Waals surface area contributed by atoms with E-state index in [1.165, 1.54) is 6.33 Å². The highest BCUT2D eigenvalue weighted by Gasteiger charge is 2.21. The summed E-state index contributed by atoms with van der Waals surface area (Å²) < 4.78 is 1.89. The van der Waals surface area contributed by atoms with Crippen molar-refractivity contribution in [1.82, 2.24) is 14.5 Å². The number of ketones is 1. The van der Waals surface area contributed by atoms with Gasteiger partial charge in [-0.2, -0.15) is 0 Å². The van der Waals surface area contributed by atoms with E-state index < -0.39 is 6.03 Å². The zero-order valence-corrected chi connectivity index (χ0v) is 19.1. The molecule has 0 fully saturated rings. The third-order valence-corrected chi connectivity index (χ3v) is 5.60. The second-order valence-corrected chi connectivity index (χ2v) is 8.33. The predicted octanol–water partition coefficient (Wildman–Crippen LogP) is 5.43. The van der Waals surface area contributed by atoms with Crippen molar-refractivity contribution in [3.63, 3.8) is 0 Å². The van der Waals surface area contributed by atoms with Crippen LogP contribution >= 0.6 is 11.6 Å². The fourth-order valence-electron chi connectivity index (χ4n) is 3.63. The number of nitrogens with two attached hydrogens (primary N) is 1. The van der Waals surface area contributed by atoms with E-state index in [-0.39, 0.29) is 17.6 Å². The topological polar surface area (TPSA) is 115 Å². The number of para-hydroxylation sites is 1. The van der Waals surface area contributed by atoms with Crippen LogP contribution in [0.15, 0.2) is 55.0 Å². The third kappa shape index (κ3) is 4.38. The second-order valence-electron chi connectivity index (χ2n) is 7.92. The van der Waals surface area contributed by atoms with Crippen LogP contribution < -0.4 is 16.4 Å². The fraction of sp³-hybridized carbons (Fsp3) is 0.167. The Morgan fingerprint density at radius 1 is 1.09 bits per heavy atom. The van der Waals surface area contributed by atoms with Crippen molar-refractivity contribution in [1.29, 1.82) is 0 Å². The summed E-state index contributed by atoms with van der Waals surface area (Å²) in [6.07, 6.45) is 3.13. The van der Waals surface area contributed by atoms with Crippen LogP contribution in [0.25, 0.3) is 11.0 Å². The van der Waals surface area contributed by atoms with Crippen molar-refractivity contribution in [3.8, 4) is 0 Å². The lowest BCUT2D eigenvalue weighted by molar-refractivity contribution is 0.104. The summed E-state index contributed by atoms with van der Waals surface area (Å²) in [4.78, 5) is 34.3. The van der Waals surface area contributed by atoms with Gasteiger partial charge in [-0.15, -0.1) is 0 Å². The molecule has 0 bridgehead atoms. The number of amides is 2. The average Bonchev–Trinajstić information content (AvgIpc) is 3.17. The third-order valence-electron chi connectivity index (χ3n) is 5.28. The molecule has 0 aliphatic rings. The first-order valence-corrected chi connectivity index (χ1v) is 10.7. The summed E-state index contributed by atoms with van der Waals surface area (Å²) >= 11 is 6.19. The molecule has 0 spiro atoms. The first-order chi connectivity index (χ1) is 15.8. The predicted molar refractivity (Wildman–Crippen MR) is 131 cm³/mol. The fourth-order valence-corrected chi connectivity index (χ4v) is 3.90. The van der Waals surface area contributed by atoms with Crippen molar-refractivity contribution in [2.45, 2.75) is 26.8 Å². The molecule has 0 atom stereocenters. The molecule has 2 amide bonds. The number of carbonyl (C=O) groups is 2. The van der Waals surface area contributed by atoms with Gasteiger partial charge in [0.15, 0.2) is 5.78 Å². The number of carbonyl (C=O) groups excluding carboxylic acids is 2. The molecule has 0 unspecified atom stereocenters. The second kappa shape index (κ2) is 8.91. The van der Waals surface area contributed by atoms with E-state index >= 15 is 0 Å². The molecule has 4 N–H and O–H groups in total. The Balaban J connectivity index is 1.62. The van der Waals surface area contributed by atoms with Gasteiger partial charge in [-0.1, -0.05) is 35.9 Å². The number of aromatic nitrogens is 3. The Hall–Kier alpha value is -3.91. The van der Waals surface area contributed by atoms with E-state index in [1.54, 1.807) is 36.5 Å². The van der Waals surface area contributed by atoms with Crippen LogP contribution in [0.4, 0.5) is 22.0 Å². The SMILES string of the molecule is Cc1cccc(Cl)c1NC(=O)Nc1cccc(C(=O)c2cn(C(C)C)c3ncnc(N)c23)c1. The van der Waals surface area contributed by atoms with Crippen molar-refractivity contribution >= 4 is 51.6 Å². The Morgan fingerprint density at radius 2 is 1.85 bits per heavy atom. The van der Waals surface area contributed by atoms with E-state index in [0.29, 0.717) is 38.6 Å². The van der Waals surface area contributed by atoms with E-state index in [0.717, 1.165) is 5.56 Å². The van der Waals surface area contributed by atoms with E-state index in [1.807, 2.05) is 37.5 Å². The summed E-state index contributed by atoms with van der Waals surface area (Å²) in [6, 6.07) is 11.7. The number of anilines is 3. The van der Waals surface area contributed by atoms with Gasteiger partial charge in [0, 0.05) is 23.5 Å². The van der Waals surface area contributed by atoms with Gasteiger partial charge in [0.2, 0.25) is 0 Å². The first kappa shape index (κ1) is 22.3. The molecule has 2 heterocycles. The summed E-state index contributed by atoms with van der Waals surface area (Å²) in [5, 5.41) is 6.46. The van der Waals surface area contributed by atoms with Gasteiger partial charge >= 0.3 is 6.03 Å². The number of halogens is 1. The molecular formula is C24H23ClN6O2. The number of hydrogen-bond donors (Lipinski definition) is 3. The Morgan fingerprint density at radius 3 is 2.58 bits per heavy atom. The number of nitrogen functional groups attached to an aromatic ring is 1. The molecule has 0 saturated carbocycles. The van der Waals surface area contributed by atoms with Crippen molar-refractivity contribution in [3.05, 3.63) is 76.7 Å². The van der Waals surface area contributed by atoms with Gasteiger partial charge in [-0.25, -0.2) is 14.8 Å². The lowest BCUT2D eigenvalue weighted by Gasteiger charge is -2.12. The highest BCUT2D eigenvalue weighted by atomic mass is 35.5. The number of fused-ring (bicyclic) bond motifs is 1. The molecule has 4 rings (SSSR count). The molecule has 0 radical (unpaired) electrons. The number of hydrogen-bond acceptors (Lipinski definition) is 5. The lowest BCUT2D eigenvalue weighted by atomic mass is 10.0. The molecule has 2 aromatic carbocycles. The van der Waals surface area contributed by atoms with Gasteiger partial charge in [-0.3, -0.25) is 4.79 Å². The largest absolute Gasteiger partial charge is 0.383 e. The molecule has 33 heavy (non-hydrogen) atoms. The Labute approximate surface area is 195 Å². The maximum Gasteiger partial charge on any atom is 0.323 e. The van der Waals surface area contributed by atoms with Crippen LogP contribution in [0.5, 0.6) is 0 Å². The molecule has 168 valence electrons. The minimum absolute atomic E-state index is 0.0771. The normalized spacial score (nSPS) is 11.1.